The number of hydrogen-bond acceptors (Lipinski definition) is 20. The van der Waals surface area contributed by atoms with Gasteiger partial charge in [-0.1, -0.05) is 121 Å². The van der Waals surface area contributed by atoms with E-state index in [1.165, 1.54) is 0 Å². The molecular formula is C73H68O20. The maximum absolute atomic E-state index is 12.8. The van der Waals surface area contributed by atoms with Gasteiger partial charge in [-0.2, -0.15) is 0 Å². The lowest BCUT2D eigenvalue weighted by molar-refractivity contribution is -0.153. The molecule has 0 aliphatic heterocycles. The van der Waals surface area contributed by atoms with Crippen molar-refractivity contribution in [3.8, 4) is 23.0 Å². The quantitative estimate of drug-likeness (QED) is 0.0150. The summed E-state index contributed by atoms with van der Waals surface area (Å²) in [7, 11) is 0. The zero-order chi connectivity index (χ0) is 65.3. The van der Waals surface area contributed by atoms with Crippen molar-refractivity contribution in [3.63, 3.8) is 0 Å². The molecule has 0 aromatic heterocycles. The summed E-state index contributed by atoms with van der Waals surface area (Å²) in [5, 5.41) is 0. The highest BCUT2D eigenvalue weighted by molar-refractivity contribution is 6.10. The van der Waals surface area contributed by atoms with Crippen LogP contribution in [0.25, 0.3) is 0 Å². The molecule has 0 amide bonds. The van der Waals surface area contributed by atoms with Gasteiger partial charge < -0.3 is 56.8 Å². The third-order valence-corrected chi connectivity index (χ3v) is 13.6. The van der Waals surface area contributed by atoms with Gasteiger partial charge >= 0.3 is 23.9 Å². The molecule has 0 N–H and O–H groups in total. The first kappa shape index (κ1) is 68.3. The number of benzene rings is 8. The summed E-state index contributed by atoms with van der Waals surface area (Å²) in [5.41, 5.74) is 2.75. The van der Waals surface area contributed by atoms with Crippen LogP contribution in [0.15, 0.2) is 218 Å². The lowest BCUT2D eigenvalue weighted by atomic mass is 9.92. The largest absolute Gasteiger partial charge is 0.482 e. The number of hydrogen-bond donors (Lipinski definition) is 0. The molecule has 0 aliphatic rings. The van der Waals surface area contributed by atoms with Crippen molar-refractivity contribution in [1.82, 2.24) is 0 Å². The second-order valence-corrected chi connectivity index (χ2v) is 20.6. The maximum atomic E-state index is 12.8. The Morgan fingerprint density at radius 1 is 0.226 bits per heavy atom. The van der Waals surface area contributed by atoms with Crippen LogP contribution >= 0.6 is 0 Å². The highest BCUT2D eigenvalue weighted by atomic mass is 16.6. The van der Waals surface area contributed by atoms with Crippen LogP contribution in [0, 0.1) is 5.41 Å². The summed E-state index contributed by atoms with van der Waals surface area (Å²) in [4.78, 5) is 103. The molecule has 8 aromatic carbocycles. The van der Waals surface area contributed by atoms with E-state index in [4.69, 9.17) is 56.8 Å². The first-order valence-electron chi connectivity index (χ1n) is 29.6. The number of carbonyl (C=O) groups is 8. The van der Waals surface area contributed by atoms with Crippen molar-refractivity contribution in [2.45, 2.75) is 0 Å². The Balaban J connectivity index is 0.843. The van der Waals surface area contributed by atoms with Crippen molar-refractivity contribution in [1.29, 1.82) is 0 Å². The number of ether oxygens (including phenoxy) is 12. The Bertz CT molecular complexity index is 3170. The minimum Gasteiger partial charge on any atom is -0.482 e. The lowest BCUT2D eigenvalue weighted by Gasteiger charge is -2.33. The Labute approximate surface area is 537 Å². The van der Waals surface area contributed by atoms with E-state index in [2.05, 4.69) is 0 Å². The van der Waals surface area contributed by atoms with E-state index in [-0.39, 0.29) is 102 Å². The van der Waals surface area contributed by atoms with Crippen molar-refractivity contribution in [3.05, 3.63) is 263 Å². The van der Waals surface area contributed by atoms with Crippen molar-refractivity contribution in [2.24, 2.45) is 5.41 Å². The number of rotatable bonds is 40. The van der Waals surface area contributed by atoms with E-state index in [1.54, 1.807) is 194 Å². The fourth-order valence-electron chi connectivity index (χ4n) is 8.83. The average Bonchev–Trinajstić information content (AvgIpc) is 1.97. The fourth-order valence-corrected chi connectivity index (χ4v) is 8.83. The Kier molecular flexibility index (Phi) is 27.1. The predicted molar refractivity (Wildman–Crippen MR) is 337 cm³/mol. The second kappa shape index (κ2) is 36.9. The van der Waals surface area contributed by atoms with Gasteiger partial charge in [-0.3, -0.25) is 19.2 Å². The number of esters is 4. The van der Waals surface area contributed by atoms with Gasteiger partial charge in [-0.05, 0) is 97.1 Å². The maximum Gasteiger partial charge on any atom is 0.344 e. The van der Waals surface area contributed by atoms with Crippen LogP contribution in [-0.2, 0) is 57.1 Å². The molecule has 20 heteroatoms. The molecule has 8 aromatic rings. The molecular weight excluding hydrogens is 1200 g/mol. The minimum atomic E-state index is -1.16. The van der Waals surface area contributed by atoms with E-state index >= 15 is 0 Å². The zero-order valence-electron chi connectivity index (χ0n) is 50.8. The molecule has 20 nitrogen and oxygen atoms in total. The van der Waals surface area contributed by atoms with E-state index in [1.807, 2.05) is 24.3 Å². The van der Waals surface area contributed by atoms with Gasteiger partial charge in [0.05, 0.1) is 58.3 Å². The zero-order valence-corrected chi connectivity index (χ0v) is 50.8. The third-order valence-electron chi connectivity index (χ3n) is 13.6. The molecule has 0 spiro atoms. The van der Waals surface area contributed by atoms with Crippen LogP contribution in [0.2, 0.25) is 0 Å². The normalized spacial score (nSPS) is 10.9. The van der Waals surface area contributed by atoms with Crippen molar-refractivity contribution in [2.75, 3.05) is 106 Å². The van der Waals surface area contributed by atoms with Gasteiger partial charge in [0.15, 0.2) is 49.6 Å². The summed E-state index contributed by atoms with van der Waals surface area (Å²) in [6.07, 6.45) is 0. The van der Waals surface area contributed by atoms with Crippen molar-refractivity contribution >= 4 is 47.0 Å². The van der Waals surface area contributed by atoms with Crippen LogP contribution < -0.4 is 18.9 Å². The SMILES string of the molecule is O=C(COc1ccc(C(=O)c2ccccc2)cc1)OCCOCC(COCCOC(=O)COc1ccc(C(=O)c2ccccc2)cc1)(COCCOC(=O)COc1ccc(C(=O)c2ccccc2)cc1)COCCOC(=O)COc1ccc(C(=O)c2ccccc2)cc1. The molecule has 0 saturated heterocycles. The van der Waals surface area contributed by atoms with E-state index in [9.17, 15) is 38.4 Å². The average molecular weight is 1270 g/mol. The molecule has 0 unspecified atom stereocenters. The number of ketones is 4. The molecule has 0 heterocycles. The lowest BCUT2D eigenvalue weighted by Crippen LogP contribution is -2.43. The molecule has 0 fully saturated rings. The van der Waals surface area contributed by atoms with Gasteiger partial charge in [-0.15, -0.1) is 0 Å². The van der Waals surface area contributed by atoms with Gasteiger partial charge in [0.2, 0.25) is 0 Å². The number of carbonyl (C=O) groups excluding carboxylic acids is 8. The second-order valence-electron chi connectivity index (χ2n) is 20.6. The van der Waals surface area contributed by atoms with Gasteiger partial charge in [0, 0.05) is 44.5 Å². The summed E-state index contributed by atoms with van der Waals surface area (Å²) < 4.78 is 68.3. The standard InChI is InChI=1S/C73H68O20/c74-65(45-90-61-29-21-57(22-30-61)69(78)53-13-5-1-6-14-53)86-41-37-82-49-73(50-83-38-42-87-66(75)46-91-62-31-23-58(24-32-62)70(79)54-15-7-2-8-16-54,51-84-39-43-88-67(76)47-92-63-33-25-59(26-34-63)71(80)55-17-9-3-10-18-55)52-85-40-44-89-68(77)48-93-64-35-27-60(28-36-64)72(81)56-19-11-4-12-20-56/h1-36H,37-52H2. The minimum absolute atomic E-state index is 0.110. The Morgan fingerprint density at radius 3 is 0.602 bits per heavy atom. The molecule has 93 heavy (non-hydrogen) atoms. The summed E-state index contributed by atoms with van der Waals surface area (Å²) in [5.74, 6) is -2.08. The smallest absolute Gasteiger partial charge is 0.344 e. The molecule has 8 rings (SSSR count). The van der Waals surface area contributed by atoms with E-state index in [0.29, 0.717) is 67.5 Å². The summed E-state index contributed by atoms with van der Waals surface area (Å²) in [6.45, 7) is -3.49. The Hall–Kier alpha value is -10.6. The molecule has 0 bridgehead atoms. The highest BCUT2D eigenvalue weighted by Gasteiger charge is 2.33. The molecule has 0 radical (unpaired) electrons. The Morgan fingerprint density at radius 2 is 0.409 bits per heavy atom. The summed E-state index contributed by atoms with van der Waals surface area (Å²) >= 11 is 0. The highest BCUT2D eigenvalue weighted by Crippen LogP contribution is 2.23. The summed E-state index contributed by atoms with van der Waals surface area (Å²) in [6, 6.07) is 60.6. The monoisotopic (exact) mass is 1260 g/mol. The fraction of sp³-hybridized carbons (Fsp3) is 0.233. The van der Waals surface area contributed by atoms with Crippen LogP contribution in [0.4, 0.5) is 0 Å². The van der Waals surface area contributed by atoms with Crippen LogP contribution in [0.1, 0.15) is 63.7 Å². The topological polar surface area (TPSA) is 247 Å². The van der Waals surface area contributed by atoms with Crippen molar-refractivity contribution < 1.29 is 95.2 Å². The van der Waals surface area contributed by atoms with Gasteiger partial charge in [-0.25, -0.2) is 19.2 Å². The molecule has 0 aliphatic carbocycles. The molecule has 480 valence electrons. The first-order valence-corrected chi connectivity index (χ1v) is 29.6. The molecule has 0 saturated carbocycles. The van der Waals surface area contributed by atoms with E-state index in [0.717, 1.165) is 0 Å². The van der Waals surface area contributed by atoms with Crippen LogP contribution in [0.5, 0.6) is 23.0 Å². The first-order chi connectivity index (χ1) is 45.4. The van der Waals surface area contributed by atoms with Crippen LogP contribution in [0.3, 0.4) is 0 Å². The van der Waals surface area contributed by atoms with E-state index < -0.39 is 55.7 Å². The third kappa shape index (κ3) is 23.0. The van der Waals surface area contributed by atoms with Gasteiger partial charge in [0.1, 0.15) is 49.4 Å². The van der Waals surface area contributed by atoms with Crippen LogP contribution in [-0.4, -0.2) is 153 Å². The predicted octanol–water partition coefficient (Wildman–Crippen LogP) is 9.45. The van der Waals surface area contributed by atoms with Gasteiger partial charge in [0.25, 0.3) is 0 Å². The molecule has 0 atom stereocenters.